The number of carbonyl (C=O) groups excluding carboxylic acids is 2. The molecule has 1 saturated heterocycles. The van der Waals surface area contributed by atoms with Crippen LogP contribution in [0.2, 0.25) is 0 Å². The standard InChI is InChI=1S/C20H21FN2O3/c1-26-17-10-9-15(13-16(17)21)19(24)22-18(14-7-3-2-4-8-14)20(25)23-11-5-6-12-23/h2-4,7-10,13,18H,5-6,11-12H2,1H3,(H,22,24)/t18-/m1/s1. The summed E-state index contributed by atoms with van der Waals surface area (Å²) in [6.45, 7) is 1.38. The van der Waals surface area contributed by atoms with Crippen molar-refractivity contribution in [1.82, 2.24) is 10.2 Å². The molecule has 0 aliphatic carbocycles. The first-order chi connectivity index (χ1) is 12.6. The molecule has 6 heteroatoms. The van der Waals surface area contributed by atoms with Crippen molar-refractivity contribution in [2.24, 2.45) is 0 Å². The molecule has 5 nitrogen and oxygen atoms in total. The van der Waals surface area contributed by atoms with E-state index in [1.807, 2.05) is 18.2 Å². The van der Waals surface area contributed by atoms with Crippen LogP contribution < -0.4 is 10.1 Å². The first-order valence-electron chi connectivity index (χ1n) is 8.58. The normalized spacial score (nSPS) is 14.8. The van der Waals surface area contributed by atoms with Gasteiger partial charge >= 0.3 is 0 Å². The van der Waals surface area contributed by atoms with E-state index < -0.39 is 17.8 Å². The molecule has 0 bridgehead atoms. The van der Waals surface area contributed by atoms with Gasteiger partial charge in [0.2, 0.25) is 5.91 Å². The van der Waals surface area contributed by atoms with Crippen molar-refractivity contribution in [1.29, 1.82) is 0 Å². The van der Waals surface area contributed by atoms with Gasteiger partial charge < -0.3 is 15.0 Å². The Labute approximate surface area is 151 Å². The highest BCUT2D eigenvalue weighted by Gasteiger charge is 2.29. The van der Waals surface area contributed by atoms with Crippen molar-refractivity contribution in [3.05, 3.63) is 65.5 Å². The van der Waals surface area contributed by atoms with Crippen LogP contribution in [0.4, 0.5) is 4.39 Å². The molecule has 0 aromatic heterocycles. The van der Waals surface area contributed by atoms with E-state index in [4.69, 9.17) is 4.74 Å². The molecule has 1 aliphatic rings. The second-order valence-corrected chi connectivity index (χ2v) is 6.20. The quantitative estimate of drug-likeness (QED) is 0.896. The monoisotopic (exact) mass is 356 g/mol. The summed E-state index contributed by atoms with van der Waals surface area (Å²) in [5.74, 6) is -1.21. The second kappa shape index (κ2) is 7.99. The van der Waals surface area contributed by atoms with Gasteiger partial charge in [-0.25, -0.2) is 4.39 Å². The average Bonchev–Trinajstić information content (AvgIpc) is 3.21. The highest BCUT2D eigenvalue weighted by molar-refractivity contribution is 5.98. The van der Waals surface area contributed by atoms with Crippen LogP contribution in [-0.2, 0) is 4.79 Å². The predicted molar refractivity (Wildman–Crippen MR) is 95.4 cm³/mol. The Balaban J connectivity index is 1.84. The van der Waals surface area contributed by atoms with Crippen LogP contribution in [0.15, 0.2) is 48.5 Å². The SMILES string of the molecule is COc1ccc(C(=O)N[C@@H](C(=O)N2CCCC2)c2ccccc2)cc1F. The minimum atomic E-state index is -0.799. The maximum Gasteiger partial charge on any atom is 0.252 e. The van der Waals surface area contributed by atoms with Gasteiger partial charge in [-0.15, -0.1) is 0 Å². The number of likely N-dealkylation sites (tertiary alicyclic amines) is 1. The topological polar surface area (TPSA) is 58.6 Å². The molecule has 0 unspecified atom stereocenters. The fourth-order valence-electron chi connectivity index (χ4n) is 3.08. The van der Waals surface area contributed by atoms with Gasteiger partial charge in [0.05, 0.1) is 7.11 Å². The zero-order valence-electron chi connectivity index (χ0n) is 14.6. The third-order valence-corrected chi connectivity index (χ3v) is 4.49. The Kier molecular flexibility index (Phi) is 5.51. The van der Waals surface area contributed by atoms with Crippen LogP contribution in [-0.4, -0.2) is 36.9 Å². The third-order valence-electron chi connectivity index (χ3n) is 4.49. The fourth-order valence-corrected chi connectivity index (χ4v) is 3.08. The number of carbonyl (C=O) groups is 2. The highest BCUT2D eigenvalue weighted by Crippen LogP contribution is 2.21. The van der Waals surface area contributed by atoms with E-state index in [1.54, 1.807) is 17.0 Å². The van der Waals surface area contributed by atoms with Crippen LogP contribution in [0.1, 0.15) is 34.8 Å². The molecule has 3 rings (SSSR count). The molecule has 26 heavy (non-hydrogen) atoms. The van der Waals surface area contributed by atoms with Crippen molar-refractivity contribution in [3.63, 3.8) is 0 Å². The molecule has 1 heterocycles. The molecule has 0 saturated carbocycles. The Hall–Kier alpha value is -2.89. The molecule has 0 radical (unpaired) electrons. The number of amides is 2. The molecule has 1 N–H and O–H groups in total. The maximum absolute atomic E-state index is 13.9. The Bertz CT molecular complexity index is 789. The summed E-state index contributed by atoms with van der Waals surface area (Å²) in [5, 5.41) is 2.75. The van der Waals surface area contributed by atoms with E-state index in [-0.39, 0.29) is 17.2 Å². The lowest BCUT2D eigenvalue weighted by atomic mass is 10.0. The van der Waals surface area contributed by atoms with Crippen LogP contribution >= 0.6 is 0 Å². The first-order valence-corrected chi connectivity index (χ1v) is 8.58. The number of methoxy groups -OCH3 is 1. The van der Waals surface area contributed by atoms with Crippen LogP contribution in [0.3, 0.4) is 0 Å². The lowest BCUT2D eigenvalue weighted by Gasteiger charge is -2.24. The molecule has 1 aliphatic heterocycles. The Morgan fingerprint density at radius 1 is 1.12 bits per heavy atom. The number of benzene rings is 2. The second-order valence-electron chi connectivity index (χ2n) is 6.20. The van der Waals surface area contributed by atoms with Crippen molar-refractivity contribution in [2.75, 3.05) is 20.2 Å². The predicted octanol–water partition coefficient (Wildman–Crippen LogP) is 2.93. The molecular formula is C20H21FN2O3. The van der Waals surface area contributed by atoms with Gasteiger partial charge in [-0.1, -0.05) is 30.3 Å². The summed E-state index contributed by atoms with van der Waals surface area (Å²) < 4.78 is 18.8. The number of nitrogens with one attached hydrogen (secondary N) is 1. The Morgan fingerprint density at radius 3 is 2.42 bits per heavy atom. The number of nitrogens with zero attached hydrogens (tertiary/aromatic N) is 1. The molecule has 136 valence electrons. The Morgan fingerprint density at radius 2 is 1.81 bits per heavy atom. The van der Waals surface area contributed by atoms with Crippen LogP contribution in [0.5, 0.6) is 5.75 Å². The largest absolute Gasteiger partial charge is 0.494 e. The number of hydrogen-bond acceptors (Lipinski definition) is 3. The summed E-state index contributed by atoms with van der Waals surface area (Å²) >= 11 is 0. The number of hydrogen-bond donors (Lipinski definition) is 1. The zero-order chi connectivity index (χ0) is 18.5. The smallest absolute Gasteiger partial charge is 0.252 e. The van der Waals surface area contributed by atoms with Crippen molar-refractivity contribution in [3.8, 4) is 5.75 Å². The molecule has 1 fully saturated rings. The lowest BCUT2D eigenvalue weighted by molar-refractivity contribution is -0.132. The van der Waals surface area contributed by atoms with Gasteiger partial charge in [0, 0.05) is 18.7 Å². The molecule has 2 aromatic rings. The van der Waals surface area contributed by atoms with E-state index in [2.05, 4.69) is 5.32 Å². The van der Waals surface area contributed by atoms with Crippen LogP contribution in [0, 0.1) is 5.82 Å². The summed E-state index contributed by atoms with van der Waals surface area (Å²) in [7, 11) is 1.36. The fraction of sp³-hybridized carbons (Fsp3) is 0.300. The van der Waals surface area contributed by atoms with Crippen molar-refractivity contribution in [2.45, 2.75) is 18.9 Å². The lowest BCUT2D eigenvalue weighted by Crippen LogP contribution is -2.41. The minimum absolute atomic E-state index is 0.0642. The maximum atomic E-state index is 13.9. The van der Waals surface area contributed by atoms with E-state index in [0.717, 1.165) is 18.9 Å². The van der Waals surface area contributed by atoms with Crippen molar-refractivity contribution < 1.29 is 18.7 Å². The van der Waals surface area contributed by atoms with Gasteiger partial charge in [0.15, 0.2) is 11.6 Å². The van der Waals surface area contributed by atoms with E-state index in [1.165, 1.54) is 19.2 Å². The van der Waals surface area contributed by atoms with Crippen LogP contribution in [0.25, 0.3) is 0 Å². The number of halogens is 1. The first kappa shape index (κ1) is 17.9. The number of ether oxygens (including phenoxy) is 1. The molecule has 0 spiro atoms. The average molecular weight is 356 g/mol. The van der Waals surface area contributed by atoms with Gasteiger partial charge in [-0.05, 0) is 36.6 Å². The number of rotatable bonds is 5. The van der Waals surface area contributed by atoms with Gasteiger partial charge in [-0.3, -0.25) is 9.59 Å². The summed E-state index contributed by atoms with van der Waals surface area (Å²) in [4.78, 5) is 27.3. The zero-order valence-corrected chi connectivity index (χ0v) is 14.6. The third kappa shape index (κ3) is 3.85. The molecule has 1 atom stereocenters. The summed E-state index contributed by atoms with van der Waals surface area (Å²) in [6, 6.07) is 12.3. The highest BCUT2D eigenvalue weighted by atomic mass is 19.1. The minimum Gasteiger partial charge on any atom is -0.494 e. The van der Waals surface area contributed by atoms with E-state index >= 15 is 0 Å². The van der Waals surface area contributed by atoms with Gasteiger partial charge in [-0.2, -0.15) is 0 Å². The van der Waals surface area contributed by atoms with E-state index in [9.17, 15) is 14.0 Å². The van der Waals surface area contributed by atoms with E-state index in [0.29, 0.717) is 18.7 Å². The molecule has 2 aromatic carbocycles. The summed E-state index contributed by atoms with van der Waals surface area (Å²) in [5.41, 5.74) is 0.838. The molecular weight excluding hydrogens is 335 g/mol. The van der Waals surface area contributed by atoms with Crippen molar-refractivity contribution >= 4 is 11.8 Å². The van der Waals surface area contributed by atoms with Gasteiger partial charge in [0.25, 0.3) is 5.91 Å². The van der Waals surface area contributed by atoms with Gasteiger partial charge in [0.1, 0.15) is 6.04 Å². The molecule has 2 amide bonds. The summed E-state index contributed by atoms with van der Waals surface area (Å²) in [6.07, 6.45) is 1.93.